The number of halogens is 1. The fraction of sp³-hybridized carbons (Fsp3) is 0.100. The largest absolute Gasteiger partial charge is 0.346 e. The molecule has 2 heterocycles. The van der Waals surface area contributed by atoms with E-state index in [1.165, 1.54) is 30.7 Å². The summed E-state index contributed by atoms with van der Waals surface area (Å²) in [5.41, 5.74) is 0.607. The van der Waals surface area contributed by atoms with Crippen LogP contribution in [0.3, 0.4) is 0 Å². The molecule has 0 radical (unpaired) electrons. The zero-order valence-electron chi connectivity index (χ0n) is 8.27. The molecule has 0 aliphatic heterocycles. The predicted molar refractivity (Wildman–Crippen MR) is 54.0 cm³/mol. The Bertz CT molecular complexity index is 483. The lowest BCUT2D eigenvalue weighted by Gasteiger charge is -2.03. The van der Waals surface area contributed by atoms with E-state index in [1.54, 1.807) is 0 Å². The third-order valence-corrected chi connectivity index (χ3v) is 2.01. The van der Waals surface area contributed by atoms with Gasteiger partial charge in [0.05, 0.1) is 24.0 Å². The summed E-state index contributed by atoms with van der Waals surface area (Å²) < 4.78 is 13.2. The molecule has 0 saturated carbocycles. The molecule has 0 saturated heterocycles. The Labute approximate surface area is 90.7 Å². The minimum atomic E-state index is -0.435. The van der Waals surface area contributed by atoms with Crippen LogP contribution in [0, 0.1) is 5.82 Å². The number of hydrogen-bond donors (Lipinski definition) is 2. The van der Waals surface area contributed by atoms with E-state index in [1.807, 2.05) is 0 Å². The van der Waals surface area contributed by atoms with Gasteiger partial charge in [0.2, 0.25) is 0 Å². The van der Waals surface area contributed by atoms with Crippen molar-refractivity contribution in [2.75, 3.05) is 0 Å². The average molecular weight is 220 g/mol. The topological polar surface area (TPSA) is 70.7 Å². The first-order valence-corrected chi connectivity index (χ1v) is 4.64. The van der Waals surface area contributed by atoms with Gasteiger partial charge in [-0.25, -0.2) is 4.39 Å². The Kier molecular flexibility index (Phi) is 2.90. The average Bonchev–Trinajstić information content (AvgIpc) is 2.81. The summed E-state index contributed by atoms with van der Waals surface area (Å²) in [5, 5.41) is 8.70. The van der Waals surface area contributed by atoms with Crippen molar-refractivity contribution in [2.45, 2.75) is 6.54 Å². The smallest absolute Gasteiger partial charge is 0.254 e. The Morgan fingerprint density at radius 1 is 1.56 bits per heavy atom. The Hall–Kier alpha value is -2.24. The molecule has 1 amide bonds. The molecule has 6 heteroatoms. The second-order valence-corrected chi connectivity index (χ2v) is 3.10. The molecular formula is C10H9FN4O. The summed E-state index contributed by atoms with van der Waals surface area (Å²) in [5.74, 6) is -0.756. The zero-order chi connectivity index (χ0) is 11.4. The van der Waals surface area contributed by atoms with E-state index in [2.05, 4.69) is 20.5 Å². The van der Waals surface area contributed by atoms with Crippen molar-refractivity contribution >= 4 is 5.91 Å². The molecule has 82 valence electrons. The monoisotopic (exact) mass is 220 g/mol. The van der Waals surface area contributed by atoms with Gasteiger partial charge < -0.3 is 5.32 Å². The molecular weight excluding hydrogens is 211 g/mol. The number of aromatic amines is 1. The normalized spacial score (nSPS) is 10.1. The van der Waals surface area contributed by atoms with Crippen LogP contribution < -0.4 is 5.32 Å². The van der Waals surface area contributed by atoms with E-state index in [9.17, 15) is 9.18 Å². The molecule has 0 spiro atoms. The fourth-order valence-corrected chi connectivity index (χ4v) is 1.19. The molecule has 2 rings (SSSR count). The van der Waals surface area contributed by atoms with Gasteiger partial charge in [0.25, 0.3) is 5.91 Å². The number of H-pyrrole nitrogens is 1. The second-order valence-electron chi connectivity index (χ2n) is 3.10. The summed E-state index contributed by atoms with van der Waals surface area (Å²) in [6, 6.07) is 2.79. The second kappa shape index (κ2) is 4.52. The van der Waals surface area contributed by atoms with Crippen LogP contribution in [-0.4, -0.2) is 21.1 Å². The van der Waals surface area contributed by atoms with Crippen molar-refractivity contribution in [2.24, 2.45) is 0 Å². The van der Waals surface area contributed by atoms with Crippen LogP contribution in [0.4, 0.5) is 4.39 Å². The fourth-order valence-electron chi connectivity index (χ4n) is 1.19. The van der Waals surface area contributed by atoms with Crippen LogP contribution in [-0.2, 0) is 6.54 Å². The molecule has 0 bridgehead atoms. The molecule has 2 N–H and O–H groups in total. The van der Waals surface area contributed by atoms with Crippen molar-refractivity contribution in [1.29, 1.82) is 0 Å². The van der Waals surface area contributed by atoms with Gasteiger partial charge in [0, 0.05) is 12.4 Å². The van der Waals surface area contributed by atoms with E-state index in [4.69, 9.17) is 0 Å². The zero-order valence-corrected chi connectivity index (χ0v) is 8.27. The van der Waals surface area contributed by atoms with Gasteiger partial charge >= 0.3 is 0 Å². The van der Waals surface area contributed by atoms with Gasteiger partial charge in [-0.2, -0.15) is 5.10 Å². The summed E-state index contributed by atoms with van der Waals surface area (Å²) in [6.07, 6.45) is 4.33. The van der Waals surface area contributed by atoms with Crippen molar-refractivity contribution in [3.63, 3.8) is 0 Å². The number of carbonyl (C=O) groups is 1. The van der Waals surface area contributed by atoms with Crippen molar-refractivity contribution < 1.29 is 9.18 Å². The van der Waals surface area contributed by atoms with Crippen LogP contribution in [0.25, 0.3) is 0 Å². The Morgan fingerprint density at radius 3 is 3.12 bits per heavy atom. The molecule has 5 nitrogen and oxygen atoms in total. The van der Waals surface area contributed by atoms with Crippen molar-refractivity contribution in [1.82, 2.24) is 20.5 Å². The lowest BCUT2D eigenvalue weighted by molar-refractivity contribution is 0.0950. The lowest BCUT2D eigenvalue weighted by Crippen LogP contribution is -2.23. The summed E-state index contributed by atoms with van der Waals surface area (Å²) in [7, 11) is 0. The number of hydrogen-bond acceptors (Lipinski definition) is 3. The molecule has 0 fully saturated rings. The van der Waals surface area contributed by atoms with E-state index in [-0.39, 0.29) is 18.1 Å². The van der Waals surface area contributed by atoms with Gasteiger partial charge in [-0.05, 0) is 12.1 Å². The first-order chi connectivity index (χ1) is 7.77. The number of nitrogens with one attached hydrogen (secondary N) is 2. The standard InChI is InChI=1S/C10H9FN4O/c11-8-2-1-3-12-9(8)6-13-10(16)7-4-14-15-5-7/h1-5H,6H2,(H,13,16)(H,14,15). The van der Waals surface area contributed by atoms with Crippen LogP contribution in [0.5, 0.6) is 0 Å². The highest BCUT2D eigenvalue weighted by molar-refractivity contribution is 5.93. The van der Waals surface area contributed by atoms with Crippen LogP contribution >= 0.6 is 0 Å². The number of carbonyl (C=O) groups excluding carboxylic acids is 1. The van der Waals surface area contributed by atoms with E-state index in [0.29, 0.717) is 5.56 Å². The molecule has 0 aliphatic rings. The Balaban J connectivity index is 1.98. The van der Waals surface area contributed by atoms with E-state index in [0.717, 1.165) is 0 Å². The maximum Gasteiger partial charge on any atom is 0.254 e. The number of rotatable bonds is 3. The quantitative estimate of drug-likeness (QED) is 0.806. The molecule has 2 aromatic heterocycles. The Morgan fingerprint density at radius 2 is 2.44 bits per heavy atom. The van der Waals surface area contributed by atoms with Gasteiger partial charge in [-0.1, -0.05) is 0 Å². The van der Waals surface area contributed by atoms with Gasteiger partial charge in [0.15, 0.2) is 0 Å². The van der Waals surface area contributed by atoms with Gasteiger partial charge in [0.1, 0.15) is 5.82 Å². The van der Waals surface area contributed by atoms with Crippen LogP contribution in [0.2, 0.25) is 0 Å². The maximum atomic E-state index is 13.2. The van der Waals surface area contributed by atoms with Gasteiger partial charge in [-0.3, -0.25) is 14.9 Å². The molecule has 0 atom stereocenters. The maximum absolute atomic E-state index is 13.2. The molecule has 0 aliphatic carbocycles. The highest BCUT2D eigenvalue weighted by Gasteiger charge is 2.08. The molecule has 0 aromatic carbocycles. The minimum Gasteiger partial charge on any atom is -0.346 e. The number of aromatic nitrogens is 3. The third-order valence-electron chi connectivity index (χ3n) is 2.01. The van der Waals surface area contributed by atoms with Gasteiger partial charge in [-0.15, -0.1) is 0 Å². The van der Waals surface area contributed by atoms with Crippen molar-refractivity contribution in [3.8, 4) is 0 Å². The summed E-state index contributed by atoms with van der Waals surface area (Å²) >= 11 is 0. The highest BCUT2D eigenvalue weighted by Crippen LogP contribution is 2.02. The number of nitrogens with zero attached hydrogens (tertiary/aromatic N) is 2. The molecule has 16 heavy (non-hydrogen) atoms. The van der Waals surface area contributed by atoms with Crippen molar-refractivity contribution in [3.05, 3.63) is 47.8 Å². The highest BCUT2D eigenvalue weighted by atomic mass is 19.1. The van der Waals surface area contributed by atoms with Crippen LogP contribution in [0.1, 0.15) is 16.1 Å². The molecule has 2 aromatic rings. The first kappa shape index (κ1) is 10.3. The lowest BCUT2D eigenvalue weighted by atomic mass is 10.3. The number of amides is 1. The SMILES string of the molecule is O=C(NCc1ncccc1F)c1cn[nH]c1. The number of pyridine rings is 1. The van der Waals surface area contributed by atoms with E-state index >= 15 is 0 Å². The third kappa shape index (κ3) is 2.22. The van der Waals surface area contributed by atoms with E-state index < -0.39 is 5.82 Å². The van der Waals surface area contributed by atoms with Crippen LogP contribution in [0.15, 0.2) is 30.7 Å². The molecule has 0 unspecified atom stereocenters. The minimum absolute atomic E-state index is 0.0523. The summed E-state index contributed by atoms with van der Waals surface area (Å²) in [6.45, 7) is 0.0523. The first-order valence-electron chi connectivity index (χ1n) is 4.64. The summed E-state index contributed by atoms with van der Waals surface area (Å²) in [4.78, 5) is 15.3. The predicted octanol–water partition coefficient (Wildman–Crippen LogP) is 0.874.